The Morgan fingerprint density at radius 2 is 1.75 bits per heavy atom. The standard InChI is InChI=1S/C29H35N3O4/c1-36-24-11-7-21(8-12-24)20-32-26(33)19-29(28(32)35)14-17-31(18-15-29)16-13-25(22-5-3-2-4-6-22)30-27(34)23-9-10-23/h2-8,11-12,23,25H,9-10,13-20H2,1H3,(H,30,34)/t25-/m0/s1. The van der Waals surface area contributed by atoms with Crippen molar-refractivity contribution in [1.82, 2.24) is 15.1 Å². The van der Waals surface area contributed by atoms with Gasteiger partial charge in [0.1, 0.15) is 5.75 Å². The number of ether oxygens (including phenoxy) is 1. The maximum absolute atomic E-state index is 13.4. The van der Waals surface area contributed by atoms with Crippen molar-refractivity contribution in [3.8, 4) is 5.75 Å². The molecule has 2 aromatic rings. The zero-order chi connectivity index (χ0) is 25.1. The Bertz CT molecular complexity index is 1090. The Balaban J connectivity index is 1.16. The molecule has 190 valence electrons. The molecule has 5 rings (SSSR count). The number of benzene rings is 2. The zero-order valence-electron chi connectivity index (χ0n) is 20.9. The average molecular weight is 490 g/mol. The number of carbonyl (C=O) groups is 3. The normalized spacial score (nSPS) is 20.5. The van der Waals surface area contributed by atoms with Gasteiger partial charge in [-0.2, -0.15) is 0 Å². The lowest BCUT2D eigenvalue weighted by molar-refractivity contribution is -0.143. The van der Waals surface area contributed by atoms with E-state index in [9.17, 15) is 14.4 Å². The Labute approximate surface area is 212 Å². The van der Waals surface area contributed by atoms with Gasteiger partial charge in [0.05, 0.1) is 25.1 Å². The van der Waals surface area contributed by atoms with Crippen molar-refractivity contribution in [1.29, 1.82) is 0 Å². The van der Waals surface area contributed by atoms with Crippen LogP contribution in [0.4, 0.5) is 0 Å². The number of nitrogens with one attached hydrogen (secondary N) is 1. The summed E-state index contributed by atoms with van der Waals surface area (Å²) in [6.45, 7) is 2.73. The fourth-order valence-corrected chi connectivity index (χ4v) is 5.48. The minimum atomic E-state index is -0.570. The molecule has 7 nitrogen and oxygen atoms in total. The van der Waals surface area contributed by atoms with Crippen LogP contribution >= 0.6 is 0 Å². The van der Waals surface area contributed by atoms with Gasteiger partial charge in [0.25, 0.3) is 0 Å². The van der Waals surface area contributed by atoms with E-state index in [0.29, 0.717) is 25.8 Å². The summed E-state index contributed by atoms with van der Waals surface area (Å²) in [6.07, 6.45) is 4.50. The van der Waals surface area contributed by atoms with Crippen molar-refractivity contribution in [3.05, 3.63) is 65.7 Å². The molecule has 3 aliphatic rings. The molecule has 0 radical (unpaired) electrons. The average Bonchev–Trinajstić information content (AvgIpc) is 3.74. The van der Waals surface area contributed by atoms with Crippen LogP contribution in [0.2, 0.25) is 0 Å². The summed E-state index contributed by atoms with van der Waals surface area (Å²) in [6, 6.07) is 17.7. The largest absolute Gasteiger partial charge is 0.497 e. The van der Waals surface area contributed by atoms with Crippen LogP contribution in [-0.2, 0) is 20.9 Å². The number of amides is 3. The minimum absolute atomic E-state index is 0.00938. The van der Waals surface area contributed by atoms with Crippen molar-refractivity contribution in [2.45, 2.75) is 51.1 Å². The number of carbonyl (C=O) groups excluding carboxylic acids is 3. The number of nitrogens with zero attached hydrogens (tertiary/aromatic N) is 2. The van der Waals surface area contributed by atoms with Crippen molar-refractivity contribution < 1.29 is 19.1 Å². The molecule has 3 fully saturated rings. The summed E-state index contributed by atoms with van der Waals surface area (Å²) in [5, 5.41) is 3.25. The van der Waals surface area contributed by atoms with Crippen molar-refractivity contribution in [2.24, 2.45) is 11.3 Å². The van der Waals surface area contributed by atoms with Gasteiger partial charge in [0.2, 0.25) is 17.7 Å². The molecule has 2 aliphatic heterocycles. The van der Waals surface area contributed by atoms with E-state index < -0.39 is 5.41 Å². The van der Waals surface area contributed by atoms with E-state index in [2.05, 4.69) is 22.3 Å². The quantitative estimate of drug-likeness (QED) is 0.544. The van der Waals surface area contributed by atoms with E-state index >= 15 is 0 Å². The van der Waals surface area contributed by atoms with Gasteiger partial charge in [0.15, 0.2) is 0 Å². The molecule has 3 amide bonds. The maximum Gasteiger partial charge on any atom is 0.236 e. The van der Waals surface area contributed by atoms with Gasteiger partial charge >= 0.3 is 0 Å². The van der Waals surface area contributed by atoms with Gasteiger partial charge < -0.3 is 15.0 Å². The van der Waals surface area contributed by atoms with Gasteiger partial charge in [-0.25, -0.2) is 0 Å². The fourth-order valence-electron chi connectivity index (χ4n) is 5.48. The van der Waals surface area contributed by atoms with E-state index in [-0.39, 0.29) is 29.7 Å². The second-order valence-electron chi connectivity index (χ2n) is 10.5. The monoisotopic (exact) mass is 489 g/mol. The number of rotatable bonds is 9. The number of likely N-dealkylation sites (tertiary alicyclic amines) is 2. The molecule has 1 spiro atoms. The summed E-state index contributed by atoms with van der Waals surface area (Å²) in [5.74, 6) is 0.993. The first-order valence-electron chi connectivity index (χ1n) is 13.0. The molecule has 2 heterocycles. The third-order valence-electron chi connectivity index (χ3n) is 8.00. The Kier molecular flexibility index (Phi) is 7.10. The first kappa shape index (κ1) is 24.5. The van der Waals surface area contributed by atoms with Gasteiger partial charge in [-0.05, 0) is 68.5 Å². The molecule has 36 heavy (non-hydrogen) atoms. The molecular formula is C29H35N3O4. The van der Waals surface area contributed by atoms with Crippen LogP contribution in [0, 0.1) is 11.3 Å². The highest BCUT2D eigenvalue weighted by Crippen LogP contribution is 2.43. The smallest absolute Gasteiger partial charge is 0.236 e. The Morgan fingerprint density at radius 1 is 1.06 bits per heavy atom. The van der Waals surface area contributed by atoms with Crippen LogP contribution in [0.25, 0.3) is 0 Å². The molecule has 1 atom stereocenters. The molecule has 2 saturated heterocycles. The highest BCUT2D eigenvalue weighted by atomic mass is 16.5. The predicted molar refractivity (Wildman–Crippen MR) is 136 cm³/mol. The second-order valence-corrected chi connectivity index (χ2v) is 10.5. The first-order chi connectivity index (χ1) is 17.5. The van der Waals surface area contributed by atoms with Crippen LogP contribution in [0.3, 0.4) is 0 Å². The highest BCUT2D eigenvalue weighted by Gasteiger charge is 2.52. The maximum atomic E-state index is 13.4. The molecule has 1 aliphatic carbocycles. The predicted octanol–water partition coefficient (Wildman–Crippen LogP) is 3.69. The zero-order valence-corrected chi connectivity index (χ0v) is 20.9. The van der Waals surface area contributed by atoms with Crippen LogP contribution < -0.4 is 10.1 Å². The minimum Gasteiger partial charge on any atom is -0.497 e. The van der Waals surface area contributed by atoms with Crippen LogP contribution in [-0.4, -0.2) is 54.3 Å². The second kappa shape index (κ2) is 10.4. The fraction of sp³-hybridized carbons (Fsp3) is 0.483. The van der Waals surface area contributed by atoms with Gasteiger partial charge in [0, 0.05) is 18.9 Å². The third kappa shape index (κ3) is 5.31. The molecule has 0 bridgehead atoms. The van der Waals surface area contributed by atoms with E-state index in [4.69, 9.17) is 4.74 Å². The molecule has 2 aromatic carbocycles. The molecule has 1 N–H and O–H groups in total. The SMILES string of the molecule is COc1ccc(CN2C(=O)CC3(CCN(CC[C@H](NC(=O)C4CC4)c4ccccc4)CC3)C2=O)cc1. The van der Waals surface area contributed by atoms with Crippen molar-refractivity contribution in [2.75, 3.05) is 26.7 Å². The van der Waals surface area contributed by atoms with E-state index in [1.165, 1.54) is 4.90 Å². The van der Waals surface area contributed by atoms with E-state index in [0.717, 1.165) is 55.8 Å². The summed E-state index contributed by atoms with van der Waals surface area (Å²) >= 11 is 0. The number of imide groups is 1. The number of methoxy groups -OCH3 is 1. The highest BCUT2D eigenvalue weighted by molar-refractivity contribution is 6.05. The lowest BCUT2D eigenvalue weighted by Gasteiger charge is -2.38. The summed E-state index contributed by atoms with van der Waals surface area (Å²) < 4.78 is 5.20. The number of hydrogen-bond acceptors (Lipinski definition) is 5. The van der Waals surface area contributed by atoms with E-state index in [1.54, 1.807) is 7.11 Å². The van der Waals surface area contributed by atoms with Crippen molar-refractivity contribution in [3.63, 3.8) is 0 Å². The lowest BCUT2D eigenvalue weighted by atomic mass is 9.77. The van der Waals surface area contributed by atoms with Crippen LogP contribution in [0.15, 0.2) is 54.6 Å². The Morgan fingerprint density at radius 3 is 2.39 bits per heavy atom. The molecule has 7 heteroatoms. The summed E-state index contributed by atoms with van der Waals surface area (Å²) in [7, 11) is 1.62. The van der Waals surface area contributed by atoms with Crippen LogP contribution in [0.1, 0.15) is 55.7 Å². The van der Waals surface area contributed by atoms with Gasteiger partial charge in [-0.15, -0.1) is 0 Å². The summed E-state index contributed by atoms with van der Waals surface area (Å²) in [4.78, 5) is 42.5. The number of piperidine rings is 1. The Hall–Kier alpha value is -3.19. The van der Waals surface area contributed by atoms with Crippen molar-refractivity contribution >= 4 is 17.7 Å². The van der Waals surface area contributed by atoms with Gasteiger partial charge in [-0.3, -0.25) is 19.3 Å². The first-order valence-corrected chi connectivity index (χ1v) is 13.0. The molecule has 1 saturated carbocycles. The molecule has 0 unspecified atom stereocenters. The molecule has 0 aromatic heterocycles. The van der Waals surface area contributed by atoms with E-state index in [1.807, 2.05) is 42.5 Å². The topological polar surface area (TPSA) is 79.0 Å². The summed E-state index contributed by atoms with van der Waals surface area (Å²) in [5.41, 5.74) is 1.48. The molecular weight excluding hydrogens is 454 g/mol. The third-order valence-corrected chi connectivity index (χ3v) is 8.00. The lowest BCUT2D eigenvalue weighted by Crippen LogP contribution is -2.45. The van der Waals surface area contributed by atoms with Gasteiger partial charge in [-0.1, -0.05) is 42.5 Å². The van der Waals surface area contributed by atoms with Crippen LogP contribution in [0.5, 0.6) is 5.75 Å². The number of hydrogen-bond donors (Lipinski definition) is 1.